The fourth-order valence-electron chi connectivity index (χ4n) is 7.25. The molecule has 0 bridgehead atoms. The highest BCUT2D eigenvalue weighted by Gasteiger charge is 2.37. The summed E-state index contributed by atoms with van der Waals surface area (Å²) in [5.41, 5.74) is 2.17. The van der Waals surface area contributed by atoms with E-state index in [1.165, 1.54) is 16.8 Å². The van der Waals surface area contributed by atoms with E-state index in [2.05, 4.69) is 44.8 Å². The lowest BCUT2D eigenvalue weighted by molar-refractivity contribution is -0.131. The van der Waals surface area contributed by atoms with E-state index in [0.717, 1.165) is 59.0 Å². The molecule has 3 aliphatic rings. The lowest BCUT2D eigenvalue weighted by Gasteiger charge is -2.41. The lowest BCUT2D eigenvalue weighted by Crippen LogP contribution is -2.57. The second-order valence-corrected chi connectivity index (χ2v) is 15.4. The second kappa shape index (κ2) is 16.1. The van der Waals surface area contributed by atoms with E-state index in [1.807, 2.05) is 18.2 Å². The highest BCUT2D eigenvalue weighted by atomic mass is 35.5. The van der Waals surface area contributed by atoms with E-state index in [1.54, 1.807) is 20.8 Å². The lowest BCUT2D eigenvalue weighted by atomic mass is 10.0. The normalized spacial score (nSPS) is 19.6. The van der Waals surface area contributed by atoms with Crippen LogP contribution in [0.4, 0.5) is 20.7 Å². The molecule has 2 saturated heterocycles. The number of fused-ring (bicyclic) bond motifs is 2. The smallest absolute Gasteiger partial charge is 0.410 e. The molecule has 14 heteroatoms. The van der Waals surface area contributed by atoms with Crippen LogP contribution in [-0.2, 0) is 22.5 Å². The standard InChI is InChI=1S/C39H48ClFN8O4/c1-39(2,3)53-38(51)46(6)18-16-31(41)36(50)49-21-20-48(23-28(49)22-42-4)35-29-15-19-47(33-14-8-11-26-10-7-13-30(40)34(26)33)24-32(29)43-37(44-35)52-25-27-12-9-17-45(27)5/h7-8,10-11,13-14,16,27-28H,9,12,15,17-25H2,1-3,5-6H3/b31-16+/t27-,28-/m0/s1. The summed E-state index contributed by atoms with van der Waals surface area (Å²) in [5.74, 6) is -1.07. The van der Waals surface area contributed by atoms with E-state index in [9.17, 15) is 9.59 Å². The number of hydrogen-bond donors (Lipinski definition) is 0. The minimum absolute atomic E-state index is 0.00635. The summed E-state index contributed by atoms with van der Waals surface area (Å²) in [6.07, 6.45) is 3.27. The van der Waals surface area contributed by atoms with Gasteiger partial charge in [0.15, 0.2) is 5.83 Å². The van der Waals surface area contributed by atoms with Crippen LogP contribution >= 0.6 is 11.6 Å². The molecule has 53 heavy (non-hydrogen) atoms. The highest BCUT2D eigenvalue weighted by molar-refractivity contribution is 6.36. The number of amides is 2. The number of likely N-dealkylation sites (N-methyl/N-ethyl adjacent to an activating group) is 2. The summed E-state index contributed by atoms with van der Waals surface area (Å²) in [5, 5.41) is 2.75. The zero-order valence-electron chi connectivity index (χ0n) is 31.1. The van der Waals surface area contributed by atoms with Crippen LogP contribution in [0.3, 0.4) is 0 Å². The molecule has 282 valence electrons. The van der Waals surface area contributed by atoms with E-state index >= 15 is 4.39 Å². The van der Waals surface area contributed by atoms with Gasteiger partial charge in [0.25, 0.3) is 5.91 Å². The first-order valence-corrected chi connectivity index (χ1v) is 18.5. The van der Waals surface area contributed by atoms with Gasteiger partial charge in [-0.2, -0.15) is 9.97 Å². The summed E-state index contributed by atoms with van der Waals surface area (Å²) in [6.45, 7) is 16.3. The van der Waals surface area contributed by atoms with E-state index in [-0.39, 0.29) is 32.2 Å². The molecule has 3 aliphatic heterocycles. The molecular weight excluding hydrogens is 699 g/mol. The van der Waals surface area contributed by atoms with Crippen molar-refractivity contribution in [3.05, 3.63) is 76.0 Å². The largest absolute Gasteiger partial charge is 0.462 e. The maximum absolute atomic E-state index is 15.3. The summed E-state index contributed by atoms with van der Waals surface area (Å²) in [6, 6.07) is 12.1. The third kappa shape index (κ3) is 8.77. The van der Waals surface area contributed by atoms with Crippen molar-refractivity contribution in [2.45, 2.75) is 64.3 Å². The van der Waals surface area contributed by atoms with Crippen LogP contribution in [0.5, 0.6) is 6.01 Å². The van der Waals surface area contributed by atoms with Crippen molar-refractivity contribution in [3.63, 3.8) is 0 Å². The maximum Gasteiger partial charge on any atom is 0.410 e. The summed E-state index contributed by atoms with van der Waals surface area (Å²) < 4.78 is 27.0. The third-order valence-corrected chi connectivity index (χ3v) is 10.4. The number of piperazine rings is 1. The van der Waals surface area contributed by atoms with Gasteiger partial charge < -0.3 is 38.8 Å². The van der Waals surface area contributed by atoms with E-state index < -0.39 is 29.5 Å². The summed E-state index contributed by atoms with van der Waals surface area (Å²) in [7, 11) is 3.58. The molecule has 0 unspecified atom stereocenters. The van der Waals surface area contributed by atoms with E-state index in [0.29, 0.717) is 43.7 Å². The molecule has 2 aromatic carbocycles. The van der Waals surface area contributed by atoms with Crippen LogP contribution in [0.15, 0.2) is 48.3 Å². The fourth-order valence-corrected chi connectivity index (χ4v) is 7.53. The van der Waals surface area contributed by atoms with Crippen molar-refractivity contribution >= 4 is 45.9 Å². The Bertz CT molecular complexity index is 1910. The molecule has 2 atom stereocenters. The van der Waals surface area contributed by atoms with Crippen LogP contribution in [0.2, 0.25) is 5.02 Å². The number of carbonyl (C=O) groups excluding carboxylic acids is 2. The Morgan fingerprint density at radius 3 is 2.58 bits per heavy atom. The van der Waals surface area contributed by atoms with Gasteiger partial charge in [-0.1, -0.05) is 35.9 Å². The molecule has 0 N–H and O–H groups in total. The number of halogens is 2. The number of benzene rings is 2. The molecule has 4 heterocycles. The third-order valence-electron chi connectivity index (χ3n) is 10.1. The van der Waals surface area contributed by atoms with Crippen molar-refractivity contribution in [1.82, 2.24) is 24.7 Å². The van der Waals surface area contributed by atoms with Crippen molar-refractivity contribution in [3.8, 4) is 6.01 Å². The number of carbonyl (C=O) groups is 2. The van der Waals surface area contributed by atoms with Crippen LogP contribution < -0.4 is 14.5 Å². The first kappa shape index (κ1) is 38.1. The molecule has 0 aliphatic carbocycles. The van der Waals surface area contributed by atoms with E-state index in [4.69, 9.17) is 37.6 Å². The SMILES string of the molecule is [C-]#[N+]C[C@H]1CN(c2nc(OC[C@@H]3CCCN3C)nc3c2CCN(c2cccc4cccc(Cl)c24)C3)CCN1C(=O)/C(F)=C\CN(C)C(=O)OC(C)(C)C. The predicted molar refractivity (Wildman–Crippen MR) is 204 cm³/mol. The van der Waals surface area contributed by atoms with Gasteiger partial charge in [0.1, 0.15) is 24.1 Å². The number of aromatic nitrogens is 2. The van der Waals surface area contributed by atoms with Crippen LogP contribution in [0, 0.1) is 6.57 Å². The van der Waals surface area contributed by atoms with Crippen molar-refractivity contribution in [2.75, 3.05) is 76.3 Å². The molecule has 0 saturated carbocycles. The number of ether oxygens (including phenoxy) is 2. The maximum atomic E-state index is 15.3. The summed E-state index contributed by atoms with van der Waals surface area (Å²) in [4.78, 5) is 48.6. The number of likely N-dealkylation sites (tertiary alicyclic amines) is 1. The van der Waals surface area contributed by atoms with Gasteiger partial charge in [-0.05, 0) is 77.2 Å². The van der Waals surface area contributed by atoms with Gasteiger partial charge >= 0.3 is 12.1 Å². The average molecular weight is 747 g/mol. The Balaban J connectivity index is 1.24. The average Bonchev–Trinajstić information content (AvgIpc) is 3.55. The Morgan fingerprint density at radius 1 is 1.09 bits per heavy atom. The van der Waals surface area contributed by atoms with Gasteiger partial charge in [0.05, 0.1) is 17.3 Å². The first-order valence-electron chi connectivity index (χ1n) is 18.2. The monoisotopic (exact) mass is 746 g/mol. The van der Waals surface area contributed by atoms with Crippen LogP contribution in [-0.4, -0.2) is 121 Å². The number of nitrogens with zero attached hydrogens (tertiary/aromatic N) is 8. The quantitative estimate of drug-likeness (QED) is 0.194. The van der Waals surface area contributed by atoms with Gasteiger partial charge in [0, 0.05) is 62.5 Å². The fraction of sp³-hybridized carbons (Fsp3) is 0.513. The molecule has 6 rings (SSSR count). The number of rotatable bonds is 9. The van der Waals surface area contributed by atoms with Crippen molar-refractivity contribution < 1.29 is 23.5 Å². The van der Waals surface area contributed by atoms with Crippen molar-refractivity contribution in [2.24, 2.45) is 0 Å². The predicted octanol–water partition coefficient (Wildman–Crippen LogP) is 5.98. The zero-order chi connectivity index (χ0) is 37.9. The Hall–Kier alpha value is -4.67. The number of anilines is 2. The van der Waals surface area contributed by atoms with Crippen LogP contribution in [0.1, 0.15) is 44.9 Å². The molecular formula is C39H48ClFN8O4. The topological polar surface area (TPSA) is 98.9 Å². The Labute approximate surface area is 315 Å². The minimum Gasteiger partial charge on any atom is -0.462 e. The second-order valence-electron chi connectivity index (χ2n) is 15.0. The number of hydrogen-bond acceptors (Lipinski definition) is 9. The molecule has 0 spiro atoms. The molecule has 12 nitrogen and oxygen atoms in total. The Morgan fingerprint density at radius 2 is 1.87 bits per heavy atom. The Kier molecular flexibility index (Phi) is 11.6. The minimum atomic E-state index is -0.982. The van der Waals surface area contributed by atoms with Gasteiger partial charge in [-0.15, -0.1) is 0 Å². The van der Waals surface area contributed by atoms with Gasteiger partial charge in [-0.25, -0.2) is 15.8 Å². The van der Waals surface area contributed by atoms with Gasteiger partial charge in [0.2, 0.25) is 6.54 Å². The molecule has 1 aromatic heterocycles. The highest BCUT2D eigenvalue weighted by Crippen LogP contribution is 2.37. The molecule has 2 amide bonds. The van der Waals surface area contributed by atoms with Gasteiger partial charge in [-0.3, -0.25) is 4.79 Å². The molecule has 3 aromatic rings. The van der Waals surface area contributed by atoms with Crippen molar-refractivity contribution in [1.29, 1.82) is 0 Å². The molecule has 0 radical (unpaired) electrons. The molecule has 2 fully saturated rings. The van der Waals surface area contributed by atoms with Crippen LogP contribution in [0.25, 0.3) is 15.6 Å². The summed E-state index contributed by atoms with van der Waals surface area (Å²) >= 11 is 6.73. The first-order chi connectivity index (χ1) is 25.3. The zero-order valence-corrected chi connectivity index (χ0v) is 31.9.